The summed E-state index contributed by atoms with van der Waals surface area (Å²) in [6, 6.07) is 10.1. The quantitative estimate of drug-likeness (QED) is 0.468. The van der Waals surface area contributed by atoms with Crippen molar-refractivity contribution in [2.75, 3.05) is 12.4 Å². The third-order valence-corrected chi connectivity index (χ3v) is 3.59. The van der Waals surface area contributed by atoms with Crippen molar-refractivity contribution in [3.8, 4) is 5.75 Å². The molecule has 0 fully saturated rings. The monoisotopic (exact) mass is 378 g/mol. The van der Waals surface area contributed by atoms with E-state index in [-0.39, 0.29) is 17.0 Å². The molecule has 1 N–H and O–H groups in total. The Kier molecular flexibility index (Phi) is 6.13. The molecule has 0 bridgehead atoms. The molecule has 0 radical (unpaired) electrons. The molecule has 26 heavy (non-hydrogen) atoms. The Hall–Kier alpha value is -3.13. The van der Waals surface area contributed by atoms with E-state index in [1.165, 1.54) is 26.2 Å². The summed E-state index contributed by atoms with van der Waals surface area (Å²) in [6.07, 6.45) is -1.12. The number of halogens is 1. The molecule has 8 nitrogen and oxygen atoms in total. The number of carbonyl (C=O) groups excluding carboxylic acids is 2. The highest BCUT2D eigenvalue weighted by atomic mass is 35.5. The lowest BCUT2D eigenvalue weighted by Gasteiger charge is -2.14. The molecule has 0 saturated heterocycles. The van der Waals surface area contributed by atoms with E-state index in [0.717, 1.165) is 6.07 Å². The Balaban J connectivity index is 2.07. The smallest absolute Gasteiger partial charge is 0.339 e. The van der Waals surface area contributed by atoms with E-state index in [9.17, 15) is 19.7 Å². The first-order valence-corrected chi connectivity index (χ1v) is 7.79. The molecule has 1 amide bonds. The van der Waals surface area contributed by atoms with Gasteiger partial charge in [-0.2, -0.15) is 0 Å². The molecular formula is C17H15ClN2O6. The highest BCUT2D eigenvalue weighted by molar-refractivity contribution is 6.30. The van der Waals surface area contributed by atoms with Gasteiger partial charge in [-0.3, -0.25) is 14.9 Å². The van der Waals surface area contributed by atoms with Gasteiger partial charge in [-0.1, -0.05) is 17.7 Å². The van der Waals surface area contributed by atoms with Crippen LogP contribution in [0.2, 0.25) is 5.02 Å². The maximum atomic E-state index is 12.2. The zero-order chi connectivity index (χ0) is 19.3. The Morgan fingerprint density at radius 3 is 2.58 bits per heavy atom. The van der Waals surface area contributed by atoms with Gasteiger partial charge in [0.25, 0.3) is 5.91 Å². The van der Waals surface area contributed by atoms with E-state index in [4.69, 9.17) is 21.1 Å². The molecule has 2 aromatic carbocycles. The van der Waals surface area contributed by atoms with Gasteiger partial charge >= 0.3 is 11.7 Å². The number of nitrogens with one attached hydrogen (secondary N) is 1. The molecule has 1 atom stereocenters. The minimum atomic E-state index is -1.12. The number of anilines is 1. The van der Waals surface area contributed by atoms with Crippen LogP contribution in [-0.4, -0.2) is 30.0 Å². The third kappa shape index (κ3) is 4.70. The van der Waals surface area contributed by atoms with Gasteiger partial charge in [-0.15, -0.1) is 0 Å². The second kappa shape index (κ2) is 8.30. The van der Waals surface area contributed by atoms with E-state index in [2.05, 4.69) is 5.32 Å². The molecule has 2 aromatic rings. The van der Waals surface area contributed by atoms with Crippen molar-refractivity contribution >= 4 is 34.9 Å². The number of hydrogen-bond donors (Lipinski definition) is 1. The first-order chi connectivity index (χ1) is 12.3. The van der Waals surface area contributed by atoms with Crippen LogP contribution in [0.3, 0.4) is 0 Å². The largest absolute Gasteiger partial charge is 0.490 e. The maximum Gasteiger partial charge on any atom is 0.339 e. The van der Waals surface area contributed by atoms with Crippen molar-refractivity contribution in [2.45, 2.75) is 13.0 Å². The van der Waals surface area contributed by atoms with Gasteiger partial charge in [0.05, 0.1) is 17.6 Å². The fourth-order valence-electron chi connectivity index (χ4n) is 2.05. The number of methoxy groups -OCH3 is 1. The Morgan fingerprint density at radius 2 is 1.96 bits per heavy atom. The van der Waals surface area contributed by atoms with Crippen molar-refractivity contribution in [1.82, 2.24) is 0 Å². The summed E-state index contributed by atoms with van der Waals surface area (Å²) in [5.41, 5.74) is 0.00312. The number of nitro benzene ring substituents is 1. The maximum absolute atomic E-state index is 12.2. The highest BCUT2D eigenvalue weighted by Crippen LogP contribution is 2.28. The zero-order valence-corrected chi connectivity index (χ0v) is 14.6. The summed E-state index contributed by atoms with van der Waals surface area (Å²) in [5.74, 6) is -1.42. The number of benzene rings is 2. The molecule has 0 aliphatic heterocycles. The van der Waals surface area contributed by atoms with Gasteiger partial charge < -0.3 is 14.8 Å². The van der Waals surface area contributed by atoms with Gasteiger partial charge in [0, 0.05) is 16.8 Å². The molecule has 0 spiro atoms. The van der Waals surface area contributed by atoms with Crippen LogP contribution in [-0.2, 0) is 9.53 Å². The Morgan fingerprint density at radius 1 is 1.23 bits per heavy atom. The first kappa shape index (κ1) is 19.2. The van der Waals surface area contributed by atoms with E-state index < -0.39 is 22.9 Å². The van der Waals surface area contributed by atoms with Crippen LogP contribution in [0.1, 0.15) is 17.3 Å². The fourth-order valence-corrected chi connectivity index (χ4v) is 2.24. The third-order valence-electron chi connectivity index (χ3n) is 3.36. The van der Waals surface area contributed by atoms with Crippen LogP contribution in [0, 0.1) is 10.1 Å². The predicted octanol–water partition coefficient (Wildman–Crippen LogP) is 3.44. The summed E-state index contributed by atoms with van der Waals surface area (Å²) in [4.78, 5) is 34.6. The van der Waals surface area contributed by atoms with Crippen molar-refractivity contribution in [2.24, 2.45) is 0 Å². The molecule has 2 rings (SSSR count). The normalized spacial score (nSPS) is 11.3. The van der Waals surface area contributed by atoms with E-state index in [1.807, 2.05) is 0 Å². The summed E-state index contributed by atoms with van der Waals surface area (Å²) in [6.45, 7) is 1.38. The fraction of sp³-hybridized carbons (Fsp3) is 0.176. The number of rotatable bonds is 6. The van der Waals surface area contributed by atoms with Gasteiger partial charge in [0.15, 0.2) is 11.9 Å². The summed E-state index contributed by atoms with van der Waals surface area (Å²) >= 11 is 5.84. The summed E-state index contributed by atoms with van der Waals surface area (Å²) in [7, 11) is 1.28. The Labute approximate surface area is 153 Å². The molecule has 0 aliphatic carbocycles. The average Bonchev–Trinajstić information content (AvgIpc) is 2.60. The van der Waals surface area contributed by atoms with Gasteiger partial charge in [-0.05, 0) is 37.3 Å². The molecule has 0 saturated carbocycles. The standard InChI is InChI=1S/C17H15ClN2O6/c1-10(16(21)19-13-5-3-4-12(18)9-13)26-17(22)11-6-7-15(25-2)14(8-11)20(23)24/h3-10H,1-2H3,(H,19,21)/t10-/m1/s1. The Bertz CT molecular complexity index is 855. The molecule has 0 heterocycles. The lowest BCUT2D eigenvalue weighted by atomic mass is 10.2. The number of hydrogen-bond acceptors (Lipinski definition) is 6. The lowest BCUT2D eigenvalue weighted by Crippen LogP contribution is -2.30. The number of nitrogens with zero attached hydrogens (tertiary/aromatic N) is 1. The van der Waals surface area contributed by atoms with Crippen LogP contribution in [0.15, 0.2) is 42.5 Å². The minimum absolute atomic E-state index is 0.0123. The number of amides is 1. The summed E-state index contributed by atoms with van der Waals surface area (Å²) < 4.78 is 9.93. The van der Waals surface area contributed by atoms with E-state index in [1.54, 1.807) is 24.3 Å². The topological polar surface area (TPSA) is 108 Å². The second-order valence-electron chi connectivity index (χ2n) is 5.19. The number of carbonyl (C=O) groups is 2. The van der Waals surface area contributed by atoms with E-state index >= 15 is 0 Å². The average molecular weight is 379 g/mol. The van der Waals surface area contributed by atoms with Crippen molar-refractivity contribution < 1.29 is 24.0 Å². The molecule has 136 valence electrons. The minimum Gasteiger partial charge on any atom is -0.490 e. The molecular weight excluding hydrogens is 364 g/mol. The SMILES string of the molecule is COc1ccc(C(=O)O[C@H](C)C(=O)Nc2cccc(Cl)c2)cc1[N+](=O)[O-]. The van der Waals surface area contributed by atoms with Gasteiger partial charge in [0.2, 0.25) is 0 Å². The number of esters is 1. The van der Waals surface area contributed by atoms with Crippen molar-refractivity contribution in [1.29, 1.82) is 0 Å². The van der Waals surface area contributed by atoms with Gasteiger partial charge in [-0.25, -0.2) is 4.79 Å². The molecule has 9 heteroatoms. The number of nitro groups is 1. The lowest BCUT2D eigenvalue weighted by molar-refractivity contribution is -0.385. The van der Waals surface area contributed by atoms with E-state index in [0.29, 0.717) is 10.7 Å². The van der Waals surface area contributed by atoms with Crippen LogP contribution < -0.4 is 10.1 Å². The second-order valence-corrected chi connectivity index (χ2v) is 5.63. The van der Waals surface area contributed by atoms with Crippen LogP contribution in [0.5, 0.6) is 5.75 Å². The molecule has 0 aliphatic rings. The predicted molar refractivity (Wildman–Crippen MR) is 94.6 cm³/mol. The molecule has 0 unspecified atom stereocenters. The van der Waals surface area contributed by atoms with Crippen molar-refractivity contribution in [3.63, 3.8) is 0 Å². The molecule has 0 aromatic heterocycles. The first-order valence-electron chi connectivity index (χ1n) is 7.41. The van der Waals surface area contributed by atoms with Crippen molar-refractivity contribution in [3.05, 3.63) is 63.2 Å². The van der Waals surface area contributed by atoms with Crippen LogP contribution >= 0.6 is 11.6 Å². The zero-order valence-electron chi connectivity index (χ0n) is 13.9. The number of ether oxygens (including phenoxy) is 2. The van der Waals surface area contributed by atoms with Crippen LogP contribution in [0.25, 0.3) is 0 Å². The summed E-state index contributed by atoms with van der Waals surface area (Å²) in [5, 5.41) is 14.0. The highest BCUT2D eigenvalue weighted by Gasteiger charge is 2.22. The van der Waals surface area contributed by atoms with Gasteiger partial charge in [0.1, 0.15) is 0 Å². The van der Waals surface area contributed by atoms with Crippen LogP contribution in [0.4, 0.5) is 11.4 Å².